The van der Waals surface area contributed by atoms with Gasteiger partial charge >= 0.3 is 0 Å². The summed E-state index contributed by atoms with van der Waals surface area (Å²) >= 11 is 0. The molecule has 0 spiro atoms. The zero-order valence-corrected chi connectivity index (χ0v) is 13.8. The van der Waals surface area contributed by atoms with Gasteiger partial charge in [-0.3, -0.25) is 4.98 Å². The van der Waals surface area contributed by atoms with Crippen molar-refractivity contribution in [2.75, 3.05) is 24.6 Å². The number of benzene rings is 1. The van der Waals surface area contributed by atoms with E-state index in [-0.39, 0.29) is 0 Å². The summed E-state index contributed by atoms with van der Waals surface area (Å²) in [5.41, 5.74) is 2.86. The molecule has 124 valence electrons. The molecule has 1 saturated heterocycles. The van der Waals surface area contributed by atoms with E-state index in [1.54, 1.807) is 6.20 Å². The van der Waals surface area contributed by atoms with Crippen molar-refractivity contribution in [2.45, 2.75) is 19.8 Å². The minimum Gasteiger partial charge on any atom is -0.493 e. The number of piperidine rings is 1. The molecule has 5 nitrogen and oxygen atoms in total. The monoisotopic (exact) mass is 323 g/mol. The highest BCUT2D eigenvalue weighted by Crippen LogP contribution is 2.27. The number of nitrogens with zero attached hydrogens (tertiary/aromatic N) is 3. The number of fused-ring (bicyclic) bond motifs is 1. The normalized spacial score (nSPS) is 15.8. The van der Waals surface area contributed by atoms with E-state index in [1.807, 2.05) is 43.5 Å². The third-order valence-electron chi connectivity index (χ3n) is 4.61. The molecule has 0 radical (unpaired) electrons. The van der Waals surface area contributed by atoms with Gasteiger partial charge in [0.25, 0.3) is 6.01 Å². The Morgan fingerprint density at radius 1 is 1.21 bits per heavy atom. The Kier molecular flexibility index (Phi) is 4.07. The smallest absolute Gasteiger partial charge is 0.298 e. The van der Waals surface area contributed by atoms with Crippen LogP contribution in [0, 0.1) is 12.8 Å². The molecule has 0 atom stereocenters. The number of pyridine rings is 1. The van der Waals surface area contributed by atoms with Crippen LogP contribution in [0.3, 0.4) is 0 Å². The second-order valence-corrected chi connectivity index (χ2v) is 6.35. The highest BCUT2D eigenvalue weighted by molar-refractivity contribution is 5.74. The van der Waals surface area contributed by atoms with Crippen molar-refractivity contribution in [3.8, 4) is 5.75 Å². The standard InChI is InChI=1S/C19H21N3O2/c1-14-12-20-9-6-17(14)23-13-15-7-10-22(11-8-15)19-21-16-4-2-3-5-18(16)24-19/h2-6,9,12,15H,7-8,10-11,13H2,1H3. The molecule has 3 heterocycles. The fraction of sp³-hybridized carbons (Fsp3) is 0.368. The maximum absolute atomic E-state index is 5.97. The summed E-state index contributed by atoms with van der Waals surface area (Å²) in [5, 5.41) is 0. The molecule has 1 aromatic carbocycles. The second kappa shape index (κ2) is 6.51. The minimum atomic E-state index is 0.568. The molecule has 3 aromatic rings. The van der Waals surface area contributed by atoms with Gasteiger partial charge in [-0.05, 0) is 43.9 Å². The van der Waals surface area contributed by atoms with Crippen molar-refractivity contribution >= 4 is 17.1 Å². The summed E-state index contributed by atoms with van der Waals surface area (Å²) in [5.74, 6) is 1.50. The van der Waals surface area contributed by atoms with Crippen LogP contribution in [0.25, 0.3) is 11.1 Å². The summed E-state index contributed by atoms with van der Waals surface area (Å²) in [4.78, 5) is 10.9. The largest absolute Gasteiger partial charge is 0.493 e. The van der Waals surface area contributed by atoms with Gasteiger partial charge in [-0.2, -0.15) is 4.98 Å². The average molecular weight is 323 g/mol. The van der Waals surface area contributed by atoms with E-state index in [0.717, 1.165) is 61.0 Å². The molecule has 1 aliphatic heterocycles. The van der Waals surface area contributed by atoms with Gasteiger partial charge in [-0.25, -0.2) is 0 Å². The number of hydrogen-bond acceptors (Lipinski definition) is 5. The van der Waals surface area contributed by atoms with Crippen molar-refractivity contribution < 1.29 is 9.15 Å². The fourth-order valence-electron chi connectivity index (χ4n) is 3.12. The van der Waals surface area contributed by atoms with Crippen molar-refractivity contribution in [2.24, 2.45) is 5.92 Å². The maximum atomic E-state index is 5.97. The zero-order chi connectivity index (χ0) is 16.4. The molecule has 0 bridgehead atoms. The van der Waals surface area contributed by atoms with Crippen molar-refractivity contribution in [3.63, 3.8) is 0 Å². The molecule has 0 saturated carbocycles. The van der Waals surface area contributed by atoms with Crippen molar-refractivity contribution in [1.82, 2.24) is 9.97 Å². The Labute approximate surface area is 141 Å². The molecular formula is C19H21N3O2. The van der Waals surface area contributed by atoms with Crippen LogP contribution < -0.4 is 9.64 Å². The molecular weight excluding hydrogens is 302 g/mol. The first kappa shape index (κ1) is 15.0. The molecule has 4 rings (SSSR count). The number of oxazole rings is 1. The Morgan fingerprint density at radius 3 is 2.83 bits per heavy atom. The Balaban J connectivity index is 1.34. The topological polar surface area (TPSA) is 51.4 Å². The first-order chi connectivity index (χ1) is 11.8. The lowest BCUT2D eigenvalue weighted by atomic mass is 9.98. The predicted molar refractivity (Wildman–Crippen MR) is 93.4 cm³/mol. The van der Waals surface area contributed by atoms with Crippen LogP contribution in [-0.4, -0.2) is 29.7 Å². The molecule has 1 fully saturated rings. The number of aryl methyl sites for hydroxylation is 1. The first-order valence-corrected chi connectivity index (χ1v) is 8.43. The SMILES string of the molecule is Cc1cnccc1OCC1CCN(c2nc3ccccc3o2)CC1. The van der Waals surface area contributed by atoms with Gasteiger partial charge in [-0.15, -0.1) is 0 Å². The van der Waals surface area contributed by atoms with Crippen molar-refractivity contribution in [1.29, 1.82) is 0 Å². The second-order valence-electron chi connectivity index (χ2n) is 6.35. The van der Waals surface area contributed by atoms with Gasteiger partial charge in [0.05, 0.1) is 6.61 Å². The van der Waals surface area contributed by atoms with Gasteiger partial charge in [-0.1, -0.05) is 12.1 Å². The Morgan fingerprint density at radius 2 is 2.04 bits per heavy atom. The molecule has 24 heavy (non-hydrogen) atoms. The molecule has 2 aromatic heterocycles. The first-order valence-electron chi connectivity index (χ1n) is 8.43. The summed E-state index contributed by atoms with van der Waals surface area (Å²) < 4.78 is 11.8. The van der Waals surface area contributed by atoms with E-state index in [1.165, 1.54) is 0 Å². The number of rotatable bonds is 4. The zero-order valence-electron chi connectivity index (χ0n) is 13.8. The van der Waals surface area contributed by atoms with Gasteiger partial charge in [0.2, 0.25) is 0 Å². The summed E-state index contributed by atoms with van der Waals surface area (Å²) in [7, 11) is 0. The number of hydrogen-bond donors (Lipinski definition) is 0. The van der Waals surface area contributed by atoms with Crippen LogP contribution in [0.5, 0.6) is 5.75 Å². The lowest BCUT2D eigenvalue weighted by Crippen LogP contribution is -2.35. The number of anilines is 1. The predicted octanol–water partition coefficient (Wildman–Crippen LogP) is 3.83. The third-order valence-corrected chi connectivity index (χ3v) is 4.61. The molecule has 1 aliphatic rings. The summed E-state index contributed by atoms with van der Waals surface area (Å²) in [6, 6.07) is 10.6. The molecule has 0 unspecified atom stereocenters. The van der Waals surface area contributed by atoms with E-state index in [4.69, 9.17) is 9.15 Å². The quantitative estimate of drug-likeness (QED) is 0.730. The van der Waals surface area contributed by atoms with Gasteiger partial charge in [0, 0.05) is 31.0 Å². The molecule has 0 aliphatic carbocycles. The van der Waals surface area contributed by atoms with E-state index in [0.29, 0.717) is 5.92 Å². The summed E-state index contributed by atoms with van der Waals surface area (Å²) in [6.45, 7) is 4.69. The molecule has 0 amide bonds. The van der Waals surface area contributed by atoms with Crippen LogP contribution in [0.4, 0.5) is 6.01 Å². The van der Waals surface area contributed by atoms with Gasteiger partial charge in [0.15, 0.2) is 5.58 Å². The number of ether oxygens (including phenoxy) is 1. The Bertz CT molecular complexity index is 789. The van der Waals surface area contributed by atoms with E-state index in [2.05, 4.69) is 14.9 Å². The van der Waals surface area contributed by atoms with E-state index < -0.39 is 0 Å². The van der Waals surface area contributed by atoms with E-state index >= 15 is 0 Å². The van der Waals surface area contributed by atoms with E-state index in [9.17, 15) is 0 Å². The number of aromatic nitrogens is 2. The van der Waals surface area contributed by atoms with Crippen LogP contribution in [0.2, 0.25) is 0 Å². The summed E-state index contributed by atoms with van der Waals surface area (Å²) in [6.07, 6.45) is 5.79. The average Bonchev–Trinajstić information content (AvgIpc) is 3.06. The van der Waals surface area contributed by atoms with Gasteiger partial charge in [0.1, 0.15) is 11.3 Å². The third kappa shape index (κ3) is 3.07. The highest BCUT2D eigenvalue weighted by atomic mass is 16.5. The van der Waals surface area contributed by atoms with Crippen LogP contribution in [0.15, 0.2) is 47.1 Å². The lowest BCUT2D eigenvalue weighted by molar-refractivity contribution is 0.220. The van der Waals surface area contributed by atoms with Crippen LogP contribution in [-0.2, 0) is 0 Å². The highest BCUT2D eigenvalue weighted by Gasteiger charge is 2.23. The molecule has 5 heteroatoms. The Hall–Kier alpha value is -2.56. The van der Waals surface area contributed by atoms with Crippen LogP contribution in [0.1, 0.15) is 18.4 Å². The lowest BCUT2D eigenvalue weighted by Gasteiger charge is -2.30. The van der Waals surface area contributed by atoms with Crippen molar-refractivity contribution in [3.05, 3.63) is 48.3 Å². The fourth-order valence-corrected chi connectivity index (χ4v) is 3.12. The molecule has 0 N–H and O–H groups in total. The van der Waals surface area contributed by atoms with Gasteiger partial charge < -0.3 is 14.1 Å². The number of para-hydroxylation sites is 2. The minimum absolute atomic E-state index is 0.568. The maximum Gasteiger partial charge on any atom is 0.298 e. The van der Waals surface area contributed by atoms with Crippen LogP contribution >= 0.6 is 0 Å².